The summed E-state index contributed by atoms with van der Waals surface area (Å²) < 4.78 is 33.8. The van der Waals surface area contributed by atoms with Crippen molar-refractivity contribution in [3.05, 3.63) is 64.7 Å². The van der Waals surface area contributed by atoms with E-state index < -0.39 is 11.6 Å². The summed E-state index contributed by atoms with van der Waals surface area (Å²) in [5, 5.41) is 3.02. The number of anilines is 1. The number of amides is 1. The van der Waals surface area contributed by atoms with Crippen LogP contribution in [0.25, 0.3) is 0 Å². The Kier molecular flexibility index (Phi) is 7.76. The second kappa shape index (κ2) is 9.92. The molecule has 1 unspecified atom stereocenters. The Morgan fingerprint density at radius 2 is 1.82 bits per heavy atom. The number of hydrogen-bond donors (Lipinski definition) is 1. The van der Waals surface area contributed by atoms with Gasteiger partial charge in [-0.15, -0.1) is 12.4 Å². The minimum Gasteiger partial charge on any atom is -0.372 e. The van der Waals surface area contributed by atoms with Gasteiger partial charge in [-0.2, -0.15) is 0 Å². The first-order valence-corrected chi connectivity index (χ1v) is 11.7. The number of fused-ring (bicyclic) bond motifs is 4. The quantitative estimate of drug-likeness (QED) is 0.548. The van der Waals surface area contributed by atoms with Crippen molar-refractivity contribution >= 4 is 24.0 Å². The highest BCUT2D eigenvalue weighted by Gasteiger charge is 2.56. The molecule has 2 aromatic carbocycles. The Bertz CT molecular complexity index is 1040. The van der Waals surface area contributed by atoms with Gasteiger partial charge in [-0.3, -0.25) is 9.69 Å². The van der Waals surface area contributed by atoms with E-state index in [4.69, 9.17) is 4.74 Å². The van der Waals surface area contributed by atoms with Crippen LogP contribution in [0.3, 0.4) is 0 Å². The smallest absolute Gasteiger partial charge is 0.221 e. The average Bonchev–Trinajstić information content (AvgIpc) is 2.72. The second-order valence-corrected chi connectivity index (χ2v) is 10.4. The van der Waals surface area contributed by atoms with Crippen molar-refractivity contribution in [2.24, 2.45) is 5.41 Å². The fourth-order valence-electron chi connectivity index (χ4n) is 5.86. The summed E-state index contributed by atoms with van der Waals surface area (Å²) in [5.41, 5.74) is 3.40. The number of benzene rings is 2. The van der Waals surface area contributed by atoms with Crippen LogP contribution in [0.4, 0.5) is 14.5 Å². The highest BCUT2D eigenvalue weighted by Crippen LogP contribution is 2.57. The van der Waals surface area contributed by atoms with Gasteiger partial charge in [0.15, 0.2) is 0 Å². The van der Waals surface area contributed by atoms with E-state index >= 15 is 0 Å². The average molecular weight is 493 g/mol. The minimum atomic E-state index is -0.577. The van der Waals surface area contributed by atoms with E-state index in [9.17, 15) is 13.6 Å². The largest absolute Gasteiger partial charge is 0.372 e. The van der Waals surface area contributed by atoms with Gasteiger partial charge in [0.2, 0.25) is 5.91 Å². The monoisotopic (exact) mass is 492 g/mol. The zero-order valence-corrected chi connectivity index (χ0v) is 21.4. The Balaban J connectivity index is 0.00000324. The van der Waals surface area contributed by atoms with Crippen LogP contribution in [0.1, 0.15) is 57.7 Å². The summed E-state index contributed by atoms with van der Waals surface area (Å²) in [6.07, 6.45) is 1.64. The van der Waals surface area contributed by atoms with Crippen LogP contribution in [0.5, 0.6) is 0 Å². The molecule has 0 radical (unpaired) electrons. The fraction of sp³-hybridized carbons (Fsp3) is 0.519. The predicted octanol–water partition coefficient (Wildman–Crippen LogP) is 5.86. The van der Waals surface area contributed by atoms with E-state index in [2.05, 4.69) is 37.1 Å². The van der Waals surface area contributed by atoms with Gasteiger partial charge in [-0.25, -0.2) is 8.78 Å². The lowest BCUT2D eigenvalue weighted by molar-refractivity contribution is -0.114. The molecule has 0 aromatic heterocycles. The molecular formula is C27H35ClF2N2O2. The molecule has 1 saturated heterocycles. The summed E-state index contributed by atoms with van der Waals surface area (Å²) in [6, 6.07) is 10.4. The normalized spacial score (nSPS) is 24.0. The number of nitrogens with zero attached hydrogens (tertiary/aromatic N) is 1. The summed E-state index contributed by atoms with van der Waals surface area (Å²) >= 11 is 0. The van der Waals surface area contributed by atoms with Crippen molar-refractivity contribution in [2.45, 2.75) is 71.6 Å². The maximum absolute atomic E-state index is 14.0. The molecule has 1 aliphatic carbocycles. The topological polar surface area (TPSA) is 41.6 Å². The van der Waals surface area contributed by atoms with Crippen LogP contribution in [-0.2, 0) is 28.0 Å². The van der Waals surface area contributed by atoms with Gasteiger partial charge >= 0.3 is 0 Å². The highest BCUT2D eigenvalue weighted by atomic mass is 35.5. The van der Waals surface area contributed by atoms with Crippen molar-refractivity contribution < 1.29 is 18.3 Å². The van der Waals surface area contributed by atoms with Crippen LogP contribution in [0.2, 0.25) is 0 Å². The highest BCUT2D eigenvalue weighted by molar-refractivity contribution is 5.90. The van der Waals surface area contributed by atoms with Gasteiger partial charge in [0, 0.05) is 36.2 Å². The molecule has 2 aliphatic rings. The first-order valence-electron chi connectivity index (χ1n) is 11.7. The maximum Gasteiger partial charge on any atom is 0.221 e. The van der Waals surface area contributed by atoms with Gasteiger partial charge < -0.3 is 10.1 Å². The lowest BCUT2D eigenvalue weighted by Gasteiger charge is -2.61. The Morgan fingerprint density at radius 1 is 1.18 bits per heavy atom. The summed E-state index contributed by atoms with van der Waals surface area (Å²) in [4.78, 5) is 14.3. The zero-order chi connectivity index (χ0) is 24.0. The van der Waals surface area contributed by atoms with E-state index in [0.29, 0.717) is 6.54 Å². The molecule has 1 N–H and O–H groups in total. The molecule has 2 aromatic rings. The predicted molar refractivity (Wildman–Crippen MR) is 133 cm³/mol. The number of carbonyl (C=O) groups is 1. The number of rotatable bonds is 6. The molecule has 0 saturated carbocycles. The van der Waals surface area contributed by atoms with Crippen LogP contribution in [0, 0.1) is 17.0 Å². The molecule has 4 nitrogen and oxygen atoms in total. The van der Waals surface area contributed by atoms with E-state index in [1.165, 1.54) is 29.3 Å². The molecule has 34 heavy (non-hydrogen) atoms. The third-order valence-corrected chi connectivity index (χ3v) is 8.14. The third kappa shape index (κ3) is 4.60. The van der Waals surface area contributed by atoms with Crippen LogP contribution < -0.4 is 5.32 Å². The fourth-order valence-corrected chi connectivity index (χ4v) is 5.86. The molecule has 3 atom stereocenters. The van der Waals surface area contributed by atoms with E-state index in [0.717, 1.165) is 25.1 Å². The number of hydrogen-bond acceptors (Lipinski definition) is 3. The Labute approximate surface area is 207 Å². The molecule has 2 bridgehead atoms. The number of nitrogens with one attached hydrogen (secondary N) is 1. The minimum absolute atomic E-state index is 0. The molecular weight excluding hydrogens is 458 g/mol. The Morgan fingerprint density at radius 3 is 2.47 bits per heavy atom. The van der Waals surface area contributed by atoms with Crippen molar-refractivity contribution in [1.82, 2.24) is 4.90 Å². The third-order valence-electron chi connectivity index (χ3n) is 8.14. The van der Waals surface area contributed by atoms with Crippen LogP contribution in [0.15, 0.2) is 36.4 Å². The lowest BCUT2D eigenvalue weighted by Crippen LogP contribution is -2.64. The van der Waals surface area contributed by atoms with Crippen LogP contribution >= 0.6 is 12.4 Å². The van der Waals surface area contributed by atoms with E-state index in [-0.39, 0.29) is 53.5 Å². The molecule has 1 amide bonds. The van der Waals surface area contributed by atoms with Gasteiger partial charge in [0.05, 0.1) is 12.7 Å². The van der Waals surface area contributed by atoms with Crippen LogP contribution in [-0.4, -0.2) is 36.0 Å². The molecule has 186 valence electrons. The van der Waals surface area contributed by atoms with Gasteiger partial charge in [-0.1, -0.05) is 39.0 Å². The number of halogens is 3. The number of likely N-dealkylation sites (tertiary alicyclic amines) is 1. The van der Waals surface area contributed by atoms with Crippen molar-refractivity contribution in [2.75, 3.05) is 18.4 Å². The SMILES string of the molecule is CC(=O)Nc1cccc2c1C[C@H]1N(CC(C)OCc3c(F)cccc3F)CC[C@]2(C)C1(C)C.Cl. The molecule has 0 spiro atoms. The van der Waals surface area contributed by atoms with Crippen molar-refractivity contribution in [1.29, 1.82) is 0 Å². The number of carbonyl (C=O) groups excluding carboxylic acids is 1. The number of piperidine rings is 1. The summed E-state index contributed by atoms with van der Waals surface area (Å²) in [6.45, 7) is 12.0. The van der Waals surface area contributed by atoms with Gasteiger partial charge in [0.1, 0.15) is 11.6 Å². The second-order valence-electron chi connectivity index (χ2n) is 10.4. The van der Waals surface area contributed by atoms with E-state index in [1.807, 2.05) is 19.1 Å². The molecule has 1 fully saturated rings. The van der Waals surface area contributed by atoms with E-state index in [1.54, 1.807) is 6.92 Å². The zero-order valence-electron chi connectivity index (χ0n) is 20.6. The summed E-state index contributed by atoms with van der Waals surface area (Å²) in [5.74, 6) is -1.22. The van der Waals surface area contributed by atoms with Crippen molar-refractivity contribution in [3.8, 4) is 0 Å². The standard InChI is InChI=1S/C27H34F2N2O2.ClH/c1-17(33-16-20-22(28)9-7-10-23(20)29)15-31-13-12-27(5)21-8-6-11-24(30-18(2)32)19(21)14-25(31)26(27,3)4;/h6-11,17,25H,12-16H2,1-5H3,(H,30,32);1H/t17?,25-,27+;/m1./s1. The molecule has 1 aliphatic heterocycles. The lowest BCUT2D eigenvalue weighted by atomic mass is 9.51. The first-order chi connectivity index (χ1) is 15.5. The molecule has 1 heterocycles. The molecule has 7 heteroatoms. The first kappa shape index (κ1) is 26.6. The summed E-state index contributed by atoms with van der Waals surface area (Å²) in [7, 11) is 0. The van der Waals surface area contributed by atoms with Gasteiger partial charge in [0.25, 0.3) is 0 Å². The van der Waals surface area contributed by atoms with Crippen molar-refractivity contribution in [3.63, 3.8) is 0 Å². The number of ether oxygens (including phenoxy) is 1. The molecule has 4 rings (SSSR count). The van der Waals surface area contributed by atoms with Gasteiger partial charge in [-0.05, 0) is 61.1 Å². The maximum atomic E-state index is 14.0. The Hall–Kier alpha value is -2.02.